The average molecular weight is 1230 g/mol. The second kappa shape index (κ2) is 20.7. The van der Waals surface area contributed by atoms with Crippen LogP contribution < -0.4 is 4.74 Å². The van der Waals surface area contributed by atoms with Crippen molar-refractivity contribution in [1.82, 2.24) is 29.1 Å². The van der Waals surface area contributed by atoms with Gasteiger partial charge in [0.05, 0.1) is 55.8 Å². The Labute approximate surface area is 480 Å². The quantitative estimate of drug-likeness (QED) is 0.112. The van der Waals surface area contributed by atoms with E-state index in [0.29, 0.717) is 45.8 Å². The molecule has 13 rings (SSSR count). The summed E-state index contributed by atoms with van der Waals surface area (Å²) >= 11 is 0. The molecule has 0 aliphatic rings. The van der Waals surface area contributed by atoms with Crippen molar-refractivity contribution in [3.05, 3.63) is 204 Å². The van der Waals surface area contributed by atoms with Crippen molar-refractivity contribution >= 4 is 55.3 Å². The van der Waals surface area contributed by atoms with Crippen LogP contribution in [0.4, 0.5) is 0 Å². The van der Waals surface area contributed by atoms with Crippen molar-refractivity contribution in [3.63, 3.8) is 0 Å². The number of nitrogens with zero attached hydrogens (tertiary/aromatic N) is 6. The molecule has 0 spiro atoms. The summed E-state index contributed by atoms with van der Waals surface area (Å²) in [4.78, 5) is 20.4. The number of hydrogen-bond donors (Lipinski definition) is 0. The molecule has 0 saturated heterocycles. The van der Waals surface area contributed by atoms with Crippen LogP contribution in [0.25, 0.3) is 112 Å². The number of fused-ring (bicyclic) bond motifs is 7. The smallest absolute Gasteiger partial charge is 0.497 e. The van der Waals surface area contributed by atoms with Crippen molar-refractivity contribution in [2.75, 3.05) is 0 Å². The summed E-state index contributed by atoms with van der Waals surface area (Å²) in [5.41, 5.74) is 18.8. The van der Waals surface area contributed by atoms with E-state index >= 15 is 0 Å². The summed E-state index contributed by atoms with van der Waals surface area (Å²) in [6, 6.07) is 62.9. The van der Waals surface area contributed by atoms with E-state index in [4.69, 9.17) is 33.5 Å². The number of furan rings is 2. The Hall–Kier alpha value is -8.39. The third-order valence-corrected chi connectivity index (χ3v) is 15.3. The van der Waals surface area contributed by atoms with Gasteiger partial charge in [-0.05, 0) is 136 Å². The summed E-state index contributed by atoms with van der Waals surface area (Å²) in [7, 11) is 0. The summed E-state index contributed by atoms with van der Waals surface area (Å²) in [5, 5.41) is 2.30. The van der Waals surface area contributed by atoms with Crippen molar-refractivity contribution in [1.29, 1.82) is 0 Å². The van der Waals surface area contributed by atoms with Crippen LogP contribution in [0.5, 0.6) is 11.5 Å². The van der Waals surface area contributed by atoms with Crippen LogP contribution in [0.3, 0.4) is 0 Å². The Balaban J connectivity index is 0.00000637. The molecule has 0 amide bonds. The number of benzene rings is 8. The molecule has 13 aromatic rings. The van der Waals surface area contributed by atoms with Gasteiger partial charge in [-0.3, -0.25) is 9.97 Å². The van der Waals surface area contributed by atoms with Gasteiger partial charge in [-0.25, -0.2) is 4.98 Å². The van der Waals surface area contributed by atoms with Gasteiger partial charge in [-0.15, -0.1) is 23.8 Å². The second-order valence-electron chi connectivity index (χ2n) is 22.1. The fourth-order valence-electron chi connectivity index (χ4n) is 11.6. The first-order valence-corrected chi connectivity index (χ1v) is 27.5. The van der Waals surface area contributed by atoms with Crippen LogP contribution >= 0.6 is 0 Å². The van der Waals surface area contributed by atoms with Crippen LogP contribution in [0, 0.1) is 26.0 Å². The average Bonchev–Trinajstić information content (AvgIpc) is 3.52. The fraction of sp³-hybridized carbons (Fsp3) is 0.200. The molecule has 0 fully saturated rings. The molecule has 5 heterocycles. The fourth-order valence-corrected chi connectivity index (χ4v) is 11.6. The Kier molecular flexibility index (Phi) is 13.5. The van der Waals surface area contributed by atoms with Gasteiger partial charge in [0.15, 0.2) is 0 Å². The van der Waals surface area contributed by atoms with E-state index in [1.807, 2.05) is 44.2 Å². The van der Waals surface area contributed by atoms with Gasteiger partial charge in [0.2, 0.25) is 5.71 Å². The van der Waals surface area contributed by atoms with Crippen LogP contribution in [0.15, 0.2) is 167 Å². The Morgan fingerprint density at radius 3 is 1.50 bits per heavy atom. The minimum atomic E-state index is 0. The van der Waals surface area contributed by atoms with Crippen LogP contribution in [0.2, 0.25) is 0 Å². The maximum absolute atomic E-state index is 7.09. The number of aryl methyl sites for hydroxylation is 2. The van der Waals surface area contributed by atoms with Gasteiger partial charge in [0.25, 0.3) is 5.78 Å². The topological polar surface area (TPSA) is 96.9 Å². The summed E-state index contributed by atoms with van der Waals surface area (Å²) in [5.74, 6) is 4.05. The van der Waals surface area contributed by atoms with E-state index in [1.165, 1.54) is 44.5 Å². The Morgan fingerprint density at radius 1 is 0.463 bits per heavy atom. The molecule has 80 heavy (non-hydrogen) atoms. The zero-order valence-electron chi connectivity index (χ0n) is 46.5. The molecule has 0 atom stereocenters. The normalized spacial score (nSPS) is 12.0. The van der Waals surface area contributed by atoms with E-state index in [2.05, 4.69) is 204 Å². The molecule has 10 heteroatoms. The van der Waals surface area contributed by atoms with E-state index in [-0.39, 0.29) is 44.7 Å². The molecule has 0 aliphatic carbocycles. The largest absolute Gasteiger partial charge is 2.00 e. The number of hydrogen-bond acceptors (Lipinski definition) is 7. The minimum Gasteiger partial charge on any atom is -0.497 e. The monoisotopic (exact) mass is 1230 g/mol. The molecular formula is C70H60N6O3Pt. The van der Waals surface area contributed by atoms with E-state index < -0.39 is 0 Å². The van der Waals surface area contributed by atoms with E-state index in [9.17, 15) is 0 Å². The van der Waals surface area contributed by atoms with Crippen LogP contribution in [-0.2, 0) is 21.1 Å². The SMILES string of the molecule is Cc1nc(C)c2c(n1)oc1oc3c(-c4nc5ccccc5n4-c4c(C(C)C)cc(-c5ccccc5)cc4C(C)C)[c-]c(Oc4[c-]c(-c5nc6ccccc6n5-c5c(C(C)C)cc(-c6ccccc6)cc5C(C)C)ccc4)cc3c12.[Pt+2]. The van der Waals surface area contributed by atoms with Gasteiger partial charge in [0.1, 0.15) is 5.82 Å². The van der Waals surface area contributed by atoms with Crippen molar-refractivity contribution in [3.8, 4) is 67.9 Å². The second-order valence-corrected chi connectivity index (χ2v) is 22.1. The number of ether oxygens (including phenoxy) is 1. The van der Waals surface area contributed by atoms with E-state index in [0.717, 1.165) is 66.7 Å². The maximum atomic E-state index is 7.09. The Bertz CT molecular complexity index is 4450. The molecule has 0 bridgehead atoms. The Morgan fingerprint density at radius 2 is 0.963 bits per heavy atom. The summed E-state index contributed by atoms with van der Waals surface area (Å²) in [6.45, 7) is 22.0. The number of imidazole rings is 2. The number of rotatable bonds is 12. The van der Waals surface area contributed by atoms with E-state index in [1.54, 1.807) is 0 Å². The predicted molar refractivity (Wildman–Crippen MR) is 320 cm³/mol. The number of aromatic nitrogens is 6. The zero-order chi connectivity index (χ0) is 54.4. The molecule has 0 aliphatic heterocycles. The summed E-state index contributed by atoms with van der Waals surface area (Å²) in [6.07, 6.45) is 0. The molecule has 9 nitrogen and oxygen atoms in total. The third-order valence-electron chi connectivity index (χ3n) is 15.3. The molecule has 8 aromatic carbocycles. The summed E-state index contributed by atoms with van der Waals surface area (Å²) < 4.78 is 25.1. The molecular weight excluding hydrogens is 1170 g/mol. The maximum Gasteiger partial charge on any atom is 2.00 e. The molecule has 0 saturated carbocycles. The van der Waals surface area contributed by atoms with Crippen LogP contribution in [0.1, 0.15) is 113 Å². The van der Waals surface area contributed by atoms with Crippen molar-refractivity contribution in [2.45, 2.75) is 92.9 Å². The zero-order valence-corrected chi connectivity index (χ0v) is 48.8. The molecule has 0 radical (unpaired) electrons. The first kappa shape index (κ1) is 52.3. The molecule has 0 N–H and O–H groups in total. The van der Waals surface area contributed by atoms with Crippen molar-refractivity contribution < 1.29 is 34.6 Å². The minimum absolute atomic E-state index is 0. The van der Waals surface area contributed by atoms with Crippen molar-refractivity contribution in [2.24, 2.45) is 0 Å². The molecule has 398 valence electrons. The molecule has 5 aromatic heterocycles. The van der Waals surface area contributed by atoms with Gasteiger partial charge < -0.3 is 22.7 Å². The van der Waals surface area contributed by atoms with Gasteiger partial charge in [-0.2, -0.15) is 4.98 Å². The van der Waals surface area contributed by atoms with Gasteiger partial charge >= 0.3 is 21.1 Å². The third kappa shape index (κ3) is 8.92. The molecule has 0 unspecified atom stereocenters. The standard InChI is InChI=1S/C70H60N6O3.Pt/c1-39(2)52-33-48(45-22-13-11-14-23-45)34-53(40(3)4)64(52)75-60-30-19-17-28-58(60)73-67(75)47-26-21-27-50(32-47)77-51-37-56-63-62-43(9)71-44(10)72-69(62)79-70(63)78-66(56)57(38-51)68-74-59-29-18-20-31-61(59)76(68)65-54(41(5)6)35-49(36-55(65)42(7)8)46-24-15-12-16-25-46;/h11-31,33-37,39-42H,1-10H3;/q-2;+2. The van der Waals surface area contributed by atoms with Gasteiger partial charge in [0, 0.05) is 22.9 Å². The number of para-hydroxylation sites is 4. The predicted octanol–water partition coefficient (Wildman–Crippen LogP) is 19.0. The van der Waals surface area contributed by atoms with Crippen LogP contribution in [-0.4, -0.2) is 29.1 Å². The van der Waals surface area contributed by atoms with Gasteiger partial charge in [-0.1, -0.05) is 164 Å². The first-order chi connectivity index (χ1) is 38.3. The first-order valence-electron chi connectivity index (χ1n) is 27.5.